The molecule has 2 N–H and O–H groups in total. The first-order chi connectivity index (χ1) is 5.36. The smallest absolute Gasteiger partial charge is 0.0747 e. The predicted octanol–water partition coefficient (Wildman–Crippen LogP) is 1.04. The summed E-state index contributed by atoms with van der Waals surface area (Å²) in [6.45, 7) is 0. The lowest BCUT2D eigenvalue weighted by molar-refractivity contribution is 0.575. The molecule has 0 bridgehead atoms. The van der Waals surface area contributed by atoms with Gasteiger partial charge < -0.3 is 5.73 Å². The molecule has 0 aromatic carbocycles. The fraction of sp³-hybridized carbons (Fsp3) is 0.444. The Morgan fingerprint density at radius 3 is 3.27 bits per heavy atom. The lowest BCUT2D eigenvalue weighted by Gasteiger charge is -2.23. The Balaban J connectivity index is 2.26. The second-order valence-corrected chi connectivity index (χ2v) is 3.08. The second-order valence-electron chi connectivity index (χ2n) is 3.08. The first-order valence-electron chi connectivity index (χ1n) is 4.03. The summed E-state index contributed by atoms with van der Waals surface area (Å²) in [5.74, 6) is 0. The summed E-state index contributed by atoms with van der Waals surface area (Å²) < 4.78 is 0. The fourth-order valence-corrected chi connectivity index (χ4v) is 1.59. The van der Waals surface area contributed by atoms with E-state index >= 15 is 0 Å². The first kappa shape index (κ1) is 6.80. The molecule has 2 aliphatic rings. The third kappa shape index (κ3) is 1.26. The van der Waals surface area contributed by atoms with Gasteiger partial charge in [0, 0.05) is 12.3 Å². The molecule has 11 heavy (non-hydrogen) atoms. The zero-order chi connectivity index (χ0) is 7.68. The van der Waals surface area contributed by atoms with Crippen LogP contribution in [0.4, 0.5) is 0 Å². The van der Waals surface area contributed by atoms with E-state index in [1.54, 1.807) is 0 Å². The molecule has 0 aromatic heterocycles. The van der Waals surface area contributed by atoms with E-state index in [1.807, 2.05) is 12.3 Å². The van der Waals surface area contributed by atoms with Gasteiger partial charge in [0.05, 0.1) is 6.04 Å². The maximum Gasteiger partial charge on any atom is 0.0747 e. The van der Waals surface area contributed by atoms with Crippen molar-refractivity contribution in [3.8, 4) is 0 Å². The maximum atomic E-state index is 5.78. The molecule has 0 fully saturated rings. The Labute approximate surface area is 66.5 Å². The molecule has 0 radical (unpaired) electrons. The predicted molar refractivity (Wildman–Crippen MR) is 46.7 cm³/mol. The van der Waals surface area contributed by atoms with Crippen LogP contribution in [0.15, 0.2) is 28.8 Å². The highest BCUT2D eigenvalue weighted by atomic mass is 14.8. The van der Waals surface area contributed by atoms with Gasteiger partial charge >= 0.3 is 0 Å². The number of allylic oxidation sites excluding steroid dienone is 1. The van der Waals surface area contributed by atoms with E-state index in [0.29, 0.717) is 6.04 Å². The molecule has 2 atom stereocenters. The van der Waals surface area contributed by atoms with Crippen LogP contribution in [0.3, 0.4) is 0 Å². The minimum Gasteiger partial charge on any atom is -0.324 e. The minimum absolute atomic E-state index is 0.249. The number of fused-ring (bicyclic) bond motifs is 1. The molecular weight excluding hydrogens is 136 g/mol. The lowest BCUT2D eigenvalue weighted by Crippen LogP contribution is -2.27. The molecule has 2 heteroatoms. The molecule has 0 saturated heterocycles. The second kappa shape index (κ2) is 2.62. The van der Waals surface area contributed by atoms with Crippen LogP contribution in [-0.4, -0.2) is 18.3 Å². The summed E-state index contributed by atoms with van der Waals surface area (Å²) in [4.78, 5) is 4.35. The highest BCUT2D eigenvalue weighted by Crippen LogP contribution is 2.23. The molecule has 2 rings (SSSR count). The van der Waals surface area contributed by atoms with Gasteiger partial charge in [0.1, 0.15) is 0 Å². The molecule has 58 valence electrons. The number of nitrogens with zero attached hydrogens (tertiary/aromatic N) is 1. The standard InChI is InChI=1S/C9H12N2/c10-8-3-4-9-7(6-8)2-1-5-11-9/h1-2,5-6,8-9H,3-4,10H2. The quantitative estimate of drug-likeness (QED) is 0.547. The molecule has 0 aromatic rings. The zero-order valence-corrected chi connectivity index (χ0v) is 6.40. The molecule has 0 amide bonds. The zero-order valence-electron chi connectivity index (χ0n) is 6.40. The third-order valence-corrected chi connectivity index (χ3v) is 2.21. The molecule has 2 nitrogen and oxygen atoms in total. The van der Waals surface area contributed by atoms with E-state index in [2.05, 4.69) is 17.1 Å². The Bertz CT molecular complexity index is 238. The molecular formula is C9H12N2. The fourth-order valence-electron chi connectivity index (χ4n) is 1.59. The van der Waals surface area contributed by atoms with Gasteiger partial charge in [-0.15, -0.1) is 0 Å². The van der Waals surface area contributed by atoms with E-state index in [9.17, 15) is 0 Å². The monoisotopic (exact) mass is 148 g/mol. The van der Waals surface area contributed by atoms with Gasteiger partial charge in [0.15, 0.2) is 0 Å². The summed E-state index contributed by atoms with van der Waals surface area (Å²) in [5.41, 5.74) is 7.08. The normalized spacial score (nSPS) is 34.8. The van der Waals surface area contributed by atoms with Crippen molar-refractivity contribution in [3.63, 3.8) is 0 Å². The Morgan fingerprint density at radius 2 is 2.36 bits per heavy atom. The molecule has 1 heterocycles. The van der Waals surface area contributed by atoms with Gasteiger partial charge in [-0.05, 0) is 24.5 Å². The van der Waals surface area contributed by atoms with Crippen LogP contribution in [0.5, 0.6) is 0 Å². The number of aliphatic imine (C=N–C) groups is 1. The van der Waals surface area contributed by atoms with E-state index in [-0.39, 0.29) is 6.04 Å². The summed E-state index contributed by atoms with van der Waals surface area (Å²) in [7, 11) is 0. The first-order valence-corrected chi connectivity index (χ1v) is 4.03. The van der Waals surface area contributed by atoms with E-state index in [1.165, 1.54) is 5.57 Å². The summed E-state index contributed by atoms with van der Waals surface area (Å²) in [6.07, 6.45) is 10.3. The van der Waals surface area contributed by atoms with E-state index in [0.717, 1.165) is 12.8 Å². The average Bonchev–Trinajstić information content (AvgIpc) is 2.04. The van der Waals surface area contributed by atoms with Crippen molar-refractivity contribution in [3.05, 3.63) is 23.8 Å². The van der Waals surface area contributed by atoms with Gasteiger partial charge in [-0.2, -0.15) is 0 Å². The number of hydrogen-bond donors (Lipinski definition) is 1. The molecule has 2 unspecified atom stereocenters. The molecule has 1 aliphatic heterocycles. The molecule has 0 saturated carbocycles. The SMILES string of the molecule is NC1C=C2C=CC=NC2CC1. The van der Waals surface area contributed by atoms with Crippen molar-refractivity contribution in [1.29, 1.82) is 0 Å². The maximum absolute atomic E-state index is 5.78. The highest BCUT2D eigenvalue weighted by molar-refractivity contribution is 5.74. The minimum atomic E-state index is 0.249. The van der Waals surface area contributed by atoms with Gasteiger partial charge in [-0.3, -0.25) is 4.99 Å². The van der Waals surface area contributed by atoms with Crippen LogP contribution >= 0.6 is 0 Å². The van der Waals surface area contributed by atoms with E-state index in [4.69, 9.17) is 5.73 Å². The number of rotatable bonds is 0. The van der Waals surface area contributed by atoms with Gasteiger partial charge in [-0.1, -0.05) is 12.2 Å². The number of hydrogen-bond acceptors (Lipinski definition) is 2. The van der Waals surface area contributed by atoms with Crippen LogP contribution in [-0.2, 0) is 0 Å². The van der Waals surface area contributed by atoms with Crippen LogP contribution in [0, 0.1) is 0 Å². The Hall–Kier alpha value is -0.890. The Kier molecular flexibility index (Phi) is 1.62. The van der Waals surface area contributed by atoms with Gasteiger partial charge in [0.25, 0.3) is 0 Å². The number of dihydropyridines is 1. The van der Waals surface area contributed by atoms with Gasteiger partial charge in [-0.25, -0.2) is 0 Å². The lowest BCUT2D eigenvalue weighted by atomic mass is 9.90. The topological polar surface area (TPSA) is 38.4 Å². The third-order valence-electron chi connectivity index (χ3n) is 2.21. The molecule has 0 spiro atoms. The average molecular weight is 148 g/mol. The Morgan fingerprint density at radius 1 is 1.45 bits per heavy atom. The van der Waals surface area contributed by atoms with Crippen molar-refractivity contribution in [1.82, 2.24) is 0 Å². The van der Waals surface area contributed by atoms with Crippen LogP contribution in [0.25, 0.3) is 0 Å². The van der Waals surface area contributed by atoms with Crippen LogP contribution < -0.4 is 5.73 Å². The van der Waals surface area contributed by atoms with Crippen LogP contribution in [0.2, 0.25) is 0 Å². The van der Waals surface area contributed by atoms with E-state index < -0.39 is 0 Å². The van der Waals surface area contributed by atoms with Gasteiger partial charge in [0.2, 0.25) is 0 Å². The number of nitrogens with two attached hydrogens (primary N) is 1. The van der Waals surface area contributed by atoms with Crippen molar-refractivity contribution >= 4 is 6.21 Å². The summed E-state index contributed by atoms with van der Waals surface area (Å²) in [5, 5.41) is 0. The summed E-state index contributed by atoms with van der Waals surface area (Å²) in [6, 6.07) is 0.652. The van der Waals surface area contributed by atoms with Crippen LogP contribution in [0.1, 0.15) is 12.8 Å². The molecule has 1 aliphatic carbocycles. The largest absolute Gasteiger partial charge is 0.324 e. The highest BCUT2D eigenvalue weighted by Gasteiger charge is 2.18. The van der Waals surface area contributed by atoms with Crippen molar-refractivity contribution < 1.29 is 0 Å². The van der Waals surface area contributed by atoms with Crippen molar-refractivity contribution in [2.75, 3.05) is 0 Å². The van der Waals surface area contributed by atoms with Crippen molar-refractivity contribution in [2.45, 2.75) is 24.9 Å². The summed E-state index contributed by atoms with van der Waals surface area (Å²) >= 11 is 0. The van der Waals surface area contributed by atoms with Crippen molar-refractivity contribution in [2.24, 2.45) is 10.7 Å².